The van der Waals surface area contributed by atoms with Gasteiger partial charge in [-0.05, 0) is 53.5 Å². The summed E-state index contributed by atoms with van der Waals surface area (Å²) in [6, 6.07) is 8.21. The first-order chi connectivity index (χ1) is 13.4. The number of nitrogens with one attached hydrogen (secondary N) is 1. The van der Waals surface area contributed by atoms with Crippen LogP contribution in [0.25, 0.3) is 5.82 Å². The van der Waals surface area contributed by atoms with Gasteiger partial charge in [-0.1, -0.05) is 6.07 Å². The molecule has 0 spiro atoms. The minimum absolute atomic E-state index is 0.651. The van der Waals surface area contributed by atoms with Gasteiger partial charge in [0.2, 0.25) is 0 Å². The number of guanidine groups is 1. The molecule has 0 atom stereocenters. The fraction of sp³-hybridized carbons (Fsp3) is 0.350. The molecule has 148 valence electrons. The zero-order chi connectivity index (χ0) is 20.3. The molecule has 0 radical (unpaired) electrons. The van der Waals surface area contributed by atoms with Gasteiger partial charge >= 0.3 is 0 Å². The van der Waals surface area contributed by atoms with Crippen molar-refractivity contribution in [1.29, 1.82) is 0 Å². The molecule has 28 heavy (non-hydrogen) atoms. The third kappa shape index (κ3) is 4.62. The van der Waals surface area contributed by atoms with E-state index < -0.39 is 0 Å². The van der Waals surface area contributed by atoms with Gasteiger partial charge in [-0.25, -0.2) is 9.67 Å². The van der Waals surface area contributed by atoms with Crippen LogP contribution in [-0.2, 0) is 20.1 Å². The molecule has 0 aliphatic heterocycles. The van der Waals surface area contributed by atoms with E-state index >= 15 is 0 Å². The molecule has 3 aromatic rings. The van der Waals surface area contributed by atoms with Crippen molar-refractivity contribution in [3.63, 3.8) is 0 Å². The van der Waals surface area contributed by atoms with Crippen LogP contribution in [0.3, 0.4) is 0 Å². The third-order valence-electron chi connectivity index (χ3n) is 4.53. The molecule has 8 heteroatoms. The molecule has 7 nitrogen and oxygen atoms in total. The Morgan fingerprint density at radius 2 is 2.07 bits per heavy atom. The maximum atomic E-state index is 4.55. The third-order valence-corrected chi connectivity index (χ3v) is 4.97. The van der Waals surface area contributed by atoms with E-state index in [0.29, 0.717) is 6.54 Å². The summed E-state index contributed by atoms with van der Waals surface area (Å²) < 4.78 is 5.04. The van der Waals surface area contributed by atoms with Crippen LogP contribution in [0, 0.1) is 13.8 Å². The van der Waals surface area contributed by atoms with Crippen LogP contribution in [0.5, 0.6) is 0 Å². The van der Waals surface area contributed by atoms with E-state index in [1.54, 1.807) is 7.05 Å². The van der Waals surface area contributed by atoms with Gasteiger partial charge in [0.25, 0.3) is 0 Å². The lowest BCUT2D eigenvalue weighted by molar-refractivity contribution is 0.461. The normalized spacial score (nSPS) is 11.7. The van der Waals surface area contributed by atoms with Gasteiger partial charge in [0.1, 0.15) is 0 Å². The molecule has 1 N–H and O–H groups in total. The predicted octanol–water partition coefficient (Wildman–Crippen LogP) is 3.19. The summed E-state index contributed by atoms with van der Waals surface area (Å²) in [6.45, 7) is 5.43. The average Bonchev–Trinajstić information content (AvgIpc) is 3.16. The molecule has 0 fully saturated rings. The summed E-state index contributed by atoms with van der Waals surface area (Å²) in [4.78, 5) is 11.0. The minimum atomic E-state index is 0.651. The monoisotopic (exact) mass is 443 g/mol. The Bertz CT molecular complexity index is 969. The summed E-state index contributed by atoms with van der Waals surface area (Å²) in [5.41, 5.74) is 4.35. The molecular weight excluding hydrogens is 418 g/mol. The highest BCUT2D eigenvalue weighted by Gasteiger charge is 2.10. The Balaban J connectivity index is 1.62. The molecular formula is C20H26BrN7. The number of aromatic nitrogens is 4. The molecule has 0 unspecified atom stereocenters. The van der Waals surface area contributed by atoms with E-state index in [4.69, 9.17) is 0 Å². The lowest BCUT2D eigenvalue weighted by Crippen LogP contribution is -2.38. The summed E-state index contributed by atoms with van der Waals surface area (Å²) in [7, 11) is 5.87. The Morgan fingerprint density at radius 3 is 2.61 bits per heavy atom. The molecule has 3 aromatic heterocycles. The molecule has 0 aromatic carbocycles. The van der Waals surface area contributed by atoms with Gasteiger partial charge in [0.05, 0.1) is 12.2 Å². The van der Waals surface area contributed by atoms with E-state index in [1.807, 2.05) is 51.0 Å². The summed E-state index contributed by atoms with van der Waals surface area (Å²) in [5, 5.41) is 7.88. The number of halogens is 1. The Labute approximate surface area is 174 Å². The van der Waals surface area contributed by atoms with Crippen LogP contribution >= 0.6 is 15.9 Å². The molecule has 0 bridgehead atoms. The second kappa shape index (κ2) is 8.60. The smallest absolute Gasteiger partial charge is 0.194 e. The van der Waals surface area contributed by atoms with Gasteiger partial charge in [-0.2, -0.15) is 5.10 Å². The SMILES string of the molecule is CN=C(NCc1ccc(-n2nc(C)cc2C)nc1)N(C)Cc1cc(Br)cn1C. The predicted molar refractivity (Wildman–Crippen MR) is 116 cm³/mol. The van der Waals surface area contributed by atoms with E-state index in [0.717, 1.165) is 39.7 Å². The first-order valence-corrected chi connectivity index (χ1v) is 9.87. The minimum Gasteiger partial charge on any atom is -0.352 e. The summed E-state index contributed by atoms with van der Waals surface area (Å²) in [5.74, 6) is 1.66. The van der Waals surface area contributed by atoms with Crippen molar-refractivity contribution in [2.75, 3.05) is 14.1 Å². The standard InChI is InChI=1S/C20H26BrN7/c1-14-8-15(2)28(25-14)19-7-6-16(10-23-19)11-24-20(22-3)27(5)13-18-9-17(21)12-26(18)4/h6-10,12H,11,13H2,1-5H3,(H,22,24). The second-order valence-electron chi connectivity index (χ2n) is 6.88. The first-order valence-electron chi connectivity index (χ1n) is 9.08. The maximum absolute atomic E-state index is 4.55. The number of hydrogen-bond acceptors (Lipinski definition) is 3. The summed E-state index contributed by atoms with van der Waals surface area (Å²) >= 11 is 3.52. The maximum Gasteiger partial charge on any atom is 0.194 e. The highest BCUT2D eigenvalue weighted by molar-refractivity contribution is 9.10. The highest BCUT2D eigenvalue weighted by Crippen LogP contribution is 2.15. The van der Waals surface area contributed by atoms with E-state index in [2.05, 4.69) is 64.1 Å². The quantitative estimate of drug-likeness (QED) is 0.485. The van der Waals surface area contributed by atoms with Crippen LogP contribution in [0.15, 0.2) is 46.1 Å². The van der Waals surface area contributed by atoms with Crippen LogP contribution in [0.1, 0.15) is 22.6 Å². The number of aliphatic imine (C=N–C) groups is 1. The van der Waals surface area contributed by atoms with Gasteiger partial charge in [-0.3, -0.25) is 4.99 Å². The van der Waals surface area contributed by atoms with E-state index in [1.165, 1.54) is 5.69 Å². The number of pyridine rings is 1. The second-order valence-corrected chi connectivity index (χ2v) is 7.80. The molecule has 3 heterocycles. The van der Waals surface area contributed by atoms with Crippen molar-refractivity contribution in [2.45, 2.75) is 26.9 Å². The topological polar surface area (TPSA) is 63.3 Å². The highest BCUT2D eigenvalue weighted by atomic mass is 79.9. The first kappa shape index (κ1) is 20.1. The zero-order valence-electron chi connectivity index (χ0n) is 16.9. The zero-order valence-corrected chi connectivity index (χ0v) is 18.5. The van der Waals surface area contributed by atoms with Crippen molar-refractivity contribution >= 4 is 21.9 Å². The number of hydrogen-bond donors (Lipinski definition) is 1. The molecule has 0 saturated carbocycles. The van der Waals surface area contributed by atoms with Gasteiger partial charge in [-0.15, -0.1) is 0 Å². The number of aryl methyl sites for hydroxylation is 3. The Hall–Kier alpha value is -2.61. The van der Waals surface area contributed by atoms with Crippen LogP contribution < -0.4 is 5.32 Å². The van der Waals surface area contributed by atoms with Gasteiger partial charge < -0.3 is 14.8 Å². The van der Waals surface area contributed by atoms with Crippen molar-refractivity contribution in [1.82, 2.24) is 29.5 Å². The van der Waals surface area contributed by atoms with E-state index in [-0.39, 0.29) is 0 Å². The largest absolute Gasteiger partial charge is 0.352 e. The fourth-order valence-electron chi connectivity index (χ4n) is 3.11. The van der Waals surface area contributed by atoms with Crippen molar-refractivity contribution in [3.05, 3.63) is 63.8 Å². The molecule has 0 saturated heterocycles. The molecule has 0 amide bonds. The fourth-order valence-corrected chi connectivity index (χ4v) is 3.69. The van der Waals surface area contributed by atoms with Crippen molar-refractivity contribution < 1.29 is 0 Å². The van der Waals surface area contributed by atoms with Crippen molar-refractivity contribution in [3.8, 4) is 5.82 Å². The molecule has 3 rings (SSSR count). The number of nitrogens with zero attached hydrogens (tertiary/aromatic N) is 6. The van der Waals surface area contributed by atoms with Crippen LogP contribution in [-0.4, -0.2) is 44.3 Å². The lowest BCUT2D eigenvalue weighted by Gasteiger charge is -2.22. The van der Waals surface area contributed by atoms with Gasteiger partial charge in [0, 0.05) is 55.9 Å². The molecule has 0 aliphatic carbocycles. The summed E-state index contributed by atoms with van der Waals surface area (Å²) in [6.07, 6.45) is 3.93. The van der Waals surface area contributed by atoms with E-state index in [9.17, 15) is 0 Å². The van der Waals surface area contributed by atoms with Crippen LogP contribution in [0.2, 0.25) is 0 Å². The van der Waals surface area contributed by atoms with Gasteiger partial charge in [0.15, 0.2) is 11.8 Å². The Morgan fingerprint density at radius 1 is 1.29 bits per heavy atom. The molecule has 0 aliphatic rings. The lowest BCUT2D eigenvalue weighted by atomic mass is 10.3. The number of rotatable bonds is 5. The Kier molecular flexibility index (Phi) is 6.18. The van der Waals surface area contributed by atoms with Crippen LogP contribution in [0.4, 0.5) is 0 Å². The average molecular weight is 444 g/mol. The van der Waals surface area contributed by atoms with Crippen molar-refractivity contribution in [2.24, 2.45) is 12.0 Å².